The van der Waals surface area contributed by atoms with Gasteiger partial charge in [-0.15, -0.1) is 11.3 Å². The van der Waals surface area contributed by atoms with Gasteiger partial charge in [-0.25, -0.2) is 9.78 Å². The van der Waals surface area contributed by atoms with Crippen LogP contribution < -0.4 is 10.6 Å². The molecule has 0 bridgehead atoms. The van der Waals surface area contributed by atoms with Crippen LogP contribution in [0.1, 0.15) is 23.6 Å². The predicted octanol–water partition coefficient (Wildman–Crippen LogP) is 5.34. The van der Waals surface area contributed by atoms with Crippen molar-refractivity contribution < 1.29 is 32.4 Å². The Balaban J connectivity index is 1.56. The molecule has 0 spiro atoms. The van der Waals surface area contributed by atoms with Gasteiger partial charge >= 0.3 is 12.1 Å². The fourth-order valence-corrected chi connectivity index (χ4v) is 3.79. The summed E-state index contributed by atoms with van der Waals surface area (Å²) in [5, 5.41) is 18.2. The number of aryl methyl sites for hydroxylation is 2. The Bertz CT molecular complexity index is 1310. The van der Waals surface area contributed by atoms with Crippen LogP contribution >= 0.6 is 11.3 Å². The van der Waals surface area contributed by atoms with Gasteiger partial charge in [-0.3, -0.25) is 20.2 Å². The zero-order valence-corrected chi connectivity index (χ0v) is 20.1. The summed E-state index contributed by atoms with van der Waals surface area (Å²) in [5.41, 5.74) is 1.44. The van der Waals surface area contributed by atoms with Gasteiger partial charge in [0.25, 0.3) is 11.6 Å². The second-order valence-electron chi connectivity index (χ2n) is 7.85. The van der Waals surface area contributed by atoms with E-state index in [0.717, 1.165) is 22.8 Å². The molecule has 0 unspecified atom stereocenters. The van der Waals surface area contributed by atoms with Crippen molar-refractivity contribution in [2.45, 2.75) is 33.0 Å². The molecule has 0 fully saturated rings. The zero-order chi connectivity index (χ0) is 26.6. The Morgan fingerprint density at radius 1 is 1.17 bits per heavy atom. The Labute approximate surface area is 207 Å². The lowest BCUT2D eigenvalue weighted by Crippen LogP contribution is -2.31. The third-order valence-electron chi connectivity index (χ3n) is 5.15. The lowest BCUT2D eigenvalue weighted by Gasteiger charge is -2.15. The summed E-state index contributed by atoms with van der Waals surface area (Å²) in [6, 6.07) is 6.55. The highest BCUT2D eigenvalue weighted by atomic mass is 32.1. The topological polar surface area (TPSA) is 123 Å². The van der Waals surface area contributed by atoms with E-state index in [1.807, 2.05) is 32.0 Å². The average molecular weight is 523 g/mol. The SMILES string of the molecule is Cc1ccc(-c2csc(NC(=O)COC(=O)[C@@H](C)Nc3ccc(C(F)(F)F)cc3[N+](=O)[O-])n2)cc1C. The average Bonchev–Trinajstić information content (AvgIpc) is 3.26. The van der Waals surface area contributed by atoms with E-state index in [1.54, 1.807) is 5.38 Å². The Kier molecular flexibility index (Phi) is 7.93. The van der Waals surface area contributed by atoms with Crippen LogP contribution in [0.15, 0.2) is 41.8 Å². The third-order valence-corrected chi connectivity index (χ3v) is 5.90. The Hall–Kier alpha value is -4.00. The van der Waals surface area contributed by atoms with E-state index in [4.69, 9.17) is 4.74 Å². The number of carbonyl (C=O) groups excluding carboxylic acids is 2. The number of ether oxygens (including phenoxy) is 1. The molecule has 2 N–H and O–H groups in total. The third kappa shape index (κ3) is 6.56. The van der Waals surface area contributed by atoms with Crippen molar-refractivity contribution in [3.63, 3.8) is 0 Å². The number of amides is 1. The number of halogens is 3. The van der Waals surface area contributed by atoms with Crippen molar-refractivity contribution in [3.8, 4) is 11.3 Å². The molecule has 0 radical (unpaired) electrons. The lowest BCUT2D eigenvalue weighted by molar-refractivity contribution is -0.384. The van der Waals surface area contributed by atoms with E-state index in [9.17, 15) is 32.9 Å². The maximum absolute atomic E-state index is 12.8. The van der Waals surface area contributed by atoms with Gasteiger partial charge in [0.1, 0.15) is 11.7 Å². The molecule has 1 atom stereocenters. The molecular weight excluding hydrogens is 501 g/mol. The van der Waals surface area contributed by atoms with Gasteiger partial charge in [0.05, 0.1) is 16.2 Å². The molecule has 9 nitrogen and oxygen atoms in total. The zero-order valence-electron chi connectivity index (χ0n) is 19.3. The Morgan fingerprint density at radius 2 is 1.89 bits per heavy atom. The molecule has 1 aromatic heterocycles. The molecule has 3 aromatic rings. The monoisotopic (exact) mass is 522 g/mol. The summed E-state index contributed by atoms with van der Waals surface area (Å²) < 4.78 is 43.5. The van der Waals surface area contributed by atoms with E-state index in [2.05, 4.69) is 15.6 Å². The number of benzene rings is 2. The second-order valence-corrected chi connectivity index (χ2v) is 8.70. The highest BCUT2D eigenvalue weighted by molar-refractivity contribution is 7.14. The molecule has 0 aliphatic heterocycles. The van der Waals surface area contributed by atoms with Gasteiger partial charge in [-0.2, -0.15) is 13.2 Å². The van der Waals surface area contributed by atoms with Crippen LogP contribution in [0.3, 0.4) is 0 Å². The van der Waals surface area contributed by atoms with E-state index < -0.39 is 46.9 Å². The van der Waals surface area contributed by atoms with E-state index >= 15 is 0 Å². The molecule has 0 saturated heterocycles. The fraction of sp³-hybridized carbons (Fsp3) is 0.261. The molecular formula is C23H21F3N4O5S. The van der Waals surface area contributed by atoms with E-state index in [0.29, 0.717) is 23.0 Å². The Morgan fingerprint density at radius 3 is 2.53 bits per heavy atom. The van der Waals surface area contributed by atoms with Crippen molar-refractivity contribution in [2.75, 3.05) is 17.2 Å². The minimum Gasteiger partial charge on any atom is -0.454 e. The van der Waals surface area contributed by atoms with Gasteiger partial charge in [-0.1, -0.05) is 12.1 Å². The highest BCUT2D eigenvalue weighted by Gasteiger charge is 2.33. The number of nitro groups is 1. The van der Waals surface area contributed by atoms with E-state index in [1.165, 1.54) is 18.3 Å². The van der Waals surface area contributed by atoms with Gasteiger partial charge in [0.15, 0.2) is 11.7 Å². The molecule has 3 rings (SSSR count). The van der Waals surface area contributed by atoms with Crippen molar-refractivity contribution in [2.24, 2.45) is 0 Å². The summed E-state index contributed by atoms with van der Waals surface area (Å²) in [6.45, 7) is 4.61. The minimum atomic E-state index is -4.77. The van der Waals surface area contributed by atoms with Gasteiger partial charge in [0.2, 0.25) is 0 Å². The fourth-order valence-electron chi connectivity index (χ4n) is 3.05. The first-order chi connectivity index (χ1) is 16.8. The summed E-state index contributed by atoms with van der Waals surface area (Å²) in [5.74, 6) is -1.59. The van der Waals surface area contributed by atoms with Crippen LogP contribution in [-0.4, -0.2) is 34.4 Å². The molecule has 0 aliphatic carbocycles. The number of anilines is 2. The van der Waals surface area contributed by atoms with E-state index in [-0.39, 0.29) is 5.69 Å². The summed E-state index contributed by atoms with van der Waals surface area (Å²) in [7, 11) is 0. The smallest absolute Gasteiger partial charge is 0.416 e. The summed E-state index contributed by atoms with van der Waals surface area (Å²) in [4.78, 5) is 39.0. The first-order valence-corrected chi connectivity index (χ1v) is 11.3. The first-order valence-electron chi connectivity index (χ1n) is 10.5. The van der Waals surface area contributed by atoms with Crippen LogP contribution in [0.2, 0.25) is 0 Å². The number of esters is 1. The number of aromatic nitrogens is 1. The quantitative estimate of drug-likeness (QED) is 0.233. The normalized spacial score (nSPS) is 12.1. The molecule has 13 heteroatoms. The number of carbonyl (C=O) groups is 2. The molecule has 1 heterocycles. The number of nitrogens with one attached hydrogen (secondary N) is 2. The van der Waals surface area contributed by atoms with Crippen molar-refractivity contribution in [3.05, 3.63) is 68.6 Å². The van der Waals surface area contributed by atoms with Crippen LogP contribution in [0.5, 0.6) is 0 Å². The molecule has 1 amide bonds. The number of nitro benzene ring substituents is 1. The standard InChI is InChI=1S/C23H21F3N4O5S/c1-12-4-5-15(8-13(12)2)18-11-36-22(28-18)29-20(31)10-35-21(32)14(3)27-17-7-6-16(23(24,25)26)9-19(17)30(33)34/h4-9,11,14,27H,10H2,1-3H3,(H,28,29,31)/t14-/m1/s1. The number of hydrogen-bond donors (Lipinski definition) is 2. The number of thiazole rings is 1. The van der Waals surface area contributed by atoms with Crippen LogP contribution in [0.4, 0.5) is 29.7 Å². The van der Waals surface area contributed by atoms with Gasteiger partial charge < -0.3 is 10.1 Å². The van der Waals surface area contributed by atoms with Crippen molar-refractivity contribution in [1.82, 2.24) is 4.98 Å². The lowest BCUT2D eigenvalue weighted by atomic mass is 10.1. The summed E-state index contributed by atoms with van der Waals surface area (Å²) >= 11 is 1.19. The van der Waals surface area contributed by atoms with Gasteiger partial charge in [0, 0.05) is 17.0 Å². The predicted molar refractivity (Wildman–Crippen MR) is 128 cm³/mol. The molecule has 2 aromatic carbocycles. The largest absolute Gasteiger partial charge is 0.454 e. The molecule has 36 heavy (non-hydrogen) atoms. The van der Waals surface area contributed by atoms with Crippen molar-refractivity contribution in [1.29, 1.82) is 0 Å². The van der Waals surface area contributed by atoms with Crippen LogP contribution in [0, 0.1) is 24.0 Å². The number of hydrogen-bond acceptors (Lipinski definition) is 8. The second kappa shape index (κ2) is 10.7. The first kappa shape index (κ1) is 26.6. The number of alkyl halides is 3. The molecule has 0 aliphatic rings. The van der Waals surface area contributed by atoms with Crippen molar-refractivity contribution >= 4 is 39.7 Å². The molecule has 0 saturated carbocycles. The van der Waals surface area contributed by atoms with Gasteiger partial charge in [-0.05, 0) is 50.1 Å². The molecule has 190 valence electrons. The van der Waals surface area contributed by atoms with Crippen LogP contribution in [-0.2, 0) is 20.5 Å². The minimum absolute atomic E-state index is 0.302. The van der Waals surface area contributed by atoms with Crippen LogP contribution in [0.25, 0.3) is 11.3 Å². The maximum Gasteiger partial charge on any atom is 0.416 e. The summed E-state index contributed by atoms with van der Waals surface area (Å²) in [6.07, 6.45) is -4.77. The number of rotatable bonds is 8. The maximum atomic E-state index is 12.8. The highest BCUT2D eigenvalue weighted by Crippen LogP contribution is 2.35. The number of nitrogens with zero attached hydrogens (tertiary/aromatic N) is 2.